The first kappa shape index (κ1) is 12.1. The SMILES string of the molecule is CCCNc1cncc(N(C)C2CCOC2)n1. The van der Waals surface area contributed by atoms with Crippen LogP contribution < -0.4 is 10.2 Å². The van der Waals surface area contributed by atoms with Gasteiger partial charge in [0.25, 0.3) is 0 Å². The normalized spacial score (nSPS) is 19.3. The van der Waals surface area contributed by atoms with Crippen molar-refractivity contribution >= 4 is 11.6 Å². The number of hydrogen-bond donors (Lipinski definition) is 1. The lowest BCUT2D eigenvalue weighted by Gasteiger charge is -2.24. The fourth-order valence-electron chi connectivity index (χ4n) is 1.88. The van der Waals surface area contributed by atoms with Crippen molar-refractivity contribution in [2.75, 3.05) is 37.0 Å². The molecule has 0 bridgehead atoms. The Hall–Kier alpha value is -1.36. The van der Waals surface area contributed by atoms with Gasteiger partial charge in [0, 0.05) is 20.2 Å². The second-order valence-electron chi connectivity index (χ2n) is 4.32. The van der Waals surface area contributed by atoms with E-state index in [1.165, 1.54) is 0 Å². The van der Waals surface area contributed by atoms with Crippen molar-refractivity contribution in [1.82, 2.24) is 9.97 Å². The standard InChI is InChI=1S/C12H20N4O/c1-3-5-14-11-7-13-8-12(15-11)16(2)10-4-6-17-9-10/h7-8,10H,3-6,9H2,1-2H3,(H,14,15). The summed E-state index contributed by atoms with van der Waals surface area (Å²) in [7, 11) is 2.05. The summed E-state index contributed by atoms with van der Waals surface area (Å²) in [5.41, 5.74) is 0. The van der Waals surface area contributed by atoms with E-state index in [1.807, 2.05) is 7.05 Å². The molecule has 1 aromatic heterocycles. The van der Waals surface area contributed by atoms with Crippen LogP contribution in [0.1, 0.15) is 19.8 Å². The number of aromatic nitrogens is 2. The first-order valence-corrected chi connectivity index (χ1v) is 6.17. The molecule has 1 unspecified atom stereocenters. The molecule has 2 heterocycles. The van der Waals surface area contributed by atoms with E-state index in [9.17, 15) is 0 Å². The van der Waals surface area contributed by atoms with Crippen LogP contribution in [0, 0.1) is 0 Å². The van der Waals surface area contributed by atoms with E-state index in [0.29, 0.717) is 6.04 Å². The number of hydrogen-bond acceptors (Lipinski definition) is 5. The summed E-state index contributed by atoms with van der Waals surface area (Å²) in [5.74, 6) is 1.75. The summed E-state index contributed by atoms with van der Waals surface area (Å²) < 4.78 is 5.39. The molecular weight excluding hydrogens is 216 g/mol. The minimum absolute atomic E-state index is 0.422. The lowest BCUT2D eigenvalue weighted by atomic mass is 10.2. The molecule has 5 heteroatoms. The highest BCUT2D eigenvalue weighted by atomic mass is 16.5. The lowest BCUT2D eigenvalue weighted by molar-refractivity contribution is 0.193. The number of nitrogens with zero attached hydrogens (tertiary/aromatic N) is 3. The summed E-state index contributed by atoms with van der Waals surface area (Å²) in [6.45, 7) is 4.68. The van der Waals surface area contributed by atoms with Crippen LogP contribution >= 0.6 is 0 Å². The Kier molecular flexibility index (Phi) is 4.14. The topological polar surface area (TPSA) is 50.3 Å². The predicted octanol–water partition coefficient (Wildman–Crippen LogP) is 1.52. The van der Waals surface area contributed by atoms with E-state index < -0.39 is 0 Å². The summed E-state index contributed by atoms with van der Waals surface area (Å²) >= 11 is 0. The zero-order valence-electron chi connectivity index (χ0n) is 10.5. The Morgan fingerprint density at radius 3 is 3.12 bits per heavy atom. The van der Waals surface area contributed by atoms with Gasteiger partial charge in [0.15, 0.2) is 0 Å². The Bertz CT molecular complexity index is 352. The molecule has 0 amide bonds. The van der Waals surface area contributed by atoms with E-state index >= 15 is 0 Å². The third kappa shape index (κ3) is 3.06. The van der Waals surface area contributed by atoms with Crippen LogP contribution in [0.25, 0.3) is 0 Å². The molecular formula is C12H20N4O. The van der Waals surface area contributed by atoms with Crippen LogP contribution in [0.15, 0.2) is 12.4 Å². The molecule has 0 aromatic carbocycles. The predicted molar refractivity (Wildman–Crippen MR) is 68.4 cm³/mol. The zero-order chi connectivity index (χ0) is 12.1. The maximum absolute atomic E-state index is 5.39. The summed E-state index contributed by atoms with van der Waals surface area (Å²) in [4.78, 5) is 10.9. The Labute approximate surface area is 102 Å². The molecule has 1 aliphatic heterocycles. The van der Waals surface area contributed by atoms with Crippen molar-refractivity contribution in [2.45, 2.75) is 25.8 Å². The molecule has 0 radical (unpaired) electrons. The van der Waals surface area contributed by atoms with Gasteiger partial charge in [-0.3, -0.25) is 4.98 Å². The maximum atomic E-state index is 5.39. The maximum Gasteiger partial charge on any atom is 0.149 e. The molecule has 1 N–H and O–H groups in total. The highest BCUT2D eigenvalue weighted by Crippen LogP contribution is 2.18. The first-order valence-electron chi connectivity index (χ1n) is 6.17. The van der Waals surface area contributed by atoms with Crippen LogP contribution in [0.2, 0.25) is 0 Å². The third-order valence-electron chi connectivity index (χ3n) is 2.99. The molecule has 17 heavy (non-hydrogen) atoms. The van der Waals surface area contributed by atoms with E-state index in [-0.39, 0.29) is 0 Å². The average molecular weight is 236 g/mol. The van der Waals surface area contributed by atoms with Crippen LogP contribution in [0.3, 0.4) is 0 Å². The molecule has 1 aromatic rings. The van der Waals surface area contributed by atoms with Gasteiger partial charge in [-0.2, -0.15) is 0 Å². The third-order valence-corrected chi connectivity index (χ3v) is 2.99. The Morgan fingerprint density at radius 1 is 1.53 bits per heavy atom. The minimum Gasteiger partial charge on any atom is -0.379 e. The van der Waals surface area contributed by atoms with Gasteiger partial charge in [0.1, 0.15) is 11.6 Å². The Morgan fingerprint density at radius 2 is 2.41 bits per heavy atom. The van der Waals surface area contributed by atoms with Crippen LogP contribution in [-0.4, -0.2) is 42.8 Å². The molecule has 1 atom stereocenters. The number of ether oxygens (including phenoxy) is 1. The number of anilines is 2. The smallest absolute Gasteiger partial charge is 0.149 e. The molecule has 94 valence electrons. The number of rotatable bonds is 5. The van der Waals surface area contributed by atoms with E-state index in [4.69, 9.17) is 4.74 Å². The van der Waals surface area contributed by atoms with Gasteiger partial charge in [-0.15, -0.1) is 0 Å². The van der Waals surface area contributed by atoms with Gasteiger partial charge in [-0.1, -0.05) is 6.92 Å². The largest absolute Gasteiger partial charge is 0.379 e. The van der Waals surface area contributed by atoms with Gasteiger partial charge < -0.3 is 15.0 Å². The molecule has 1 fully saturated rings. The van der Waals surface area contributed by atoms with Crippen molar-refractivity contribution in [3.8, 4) is 0 Å². The molecule has 0 spiro atoms. The first-order chi connectivity index (χ1) is 8.31. The lowest BCUT2D eigenvalue weighted by Crippen LogP contribution is -2.32. The second kappa shape index (κ2) is 5.82. The molecule has 2 rings (SSSR count). The van der Waals surface area contributed by atoms with E-state index in [1.54, 1.807) is 12.4 Å². The van der Waals surface area contributed by atoms with Gasteiger partial charge >= 0.3 is 0 Å². The van der Waals surface area contributed by atoms with Crippen molar-refractivity contribution in [3.05, 3.63) is 12.4 Å². The number of nitrogens with one attached hydrogen (secondary N) is 1. The quantitative estimate of drug-likeness (QED) is 0.840. The zero-order valence-corrected chi connectivity index (χ0v) is 10.5. The van der Waals surface area contributed by atoms with E-state index in [2.05, 4.69) is 27.1 Å². The number of likely N-dealkylation sites (N-methyl/N-ethyl adjacent to an activating group) is 1. The molecule has 5 nitrogen and oxygen atoms in total. The van der Waals surface area contributed by atoms with Crippen molar-refractivity contribution in [3.63, 3.8) is 0 Å². The minimum atomic E-state index is 0.422. The van der Waals surface area contributed by atoms with Gasteiger partial charge in [-0.25, -0.2) is 4.98 Å². The van der Waals surface area contributed by atoms with Gasteiger partial charge in [0.2, 0.25) is 0 Å². The highest BCUT2D eigenvalue weighted by molar-refractivity contribution is 5.44. The van der Waals surface area contributed by atoms with Crippen molar-refractivity contribution in [1.29, 1.82) is 0 Å². The van der Waals surface area contributed by atoms with Crippen LogP contribution in [-0.2, 0) is 4.74 Å². The van der Waals surface area contributed by atoms with Gasteiger partial charge in [-0.05, 0) is 12.8 Å². The van der Waals surface area contributed by atoms with Gasteiger partial charge in [0.05, 0.1) is 25.0 Å². The molecule has 0 saturated carbocycles. The summed E-state index contributed by atoms with van der Waals surface area (Å²) in [5, 5.41) is 3.25. The second-order valence-corrected chi connectivity index (χ2v) is 4.32. The van der Waals surface area contributed by atoms with E-state index in [0.717, 1.165) is 44.2 Å². The summed E-state index contributed by atoms with van der Waals surface area (Å²) in [6.07, 6.45) is 5.70. The van der Waals surface area contributed by atoms with Crippen molar-refractivity contribution in [2.24, 2.45) is 0 Å². The highest BCUT2D eigenvalue weighted by Gasteiger charge is 2.21. The molecule has 0 aliphatic carbocycles. The molecule has 1 saturated heterocycles. The average Bonchev–Trinajstić information content (AvgIpc) is 2.89. The van der Waals surface area contributed by atoms with Crippen LogP contribution in [0.4, 0.5) is 11.6 Å². The Balaban J connectivity index is 2.03. The van der Waals surface area contributed by atoms with Crippen LogP contribution in [0.5, 0.6) is 0 Å². The monoisotopic (exact) mass is 236 g/mol. The molecule has 1 aliphatic rings. The fourth-order valence-corrected chi connectivity index (χ4v) is 1.88. The summed E-state index contributed by atoms with van der Waals surface area (Å²) in [6, 6.07) is 0.422. The fraction of sp³-hybridized carbons (Fsp3) is 0.667. The van der Waals surface area contributed by atoms with Crippen molar-refractivity contribution < 1.29 is 4.74 Å².